The molecule has 8 heteroatoms. The monoisotopic (exact) mass is 477 g/mol. The van der Waals surface area contributed by atoms with E-state index in [9.17, 15) is 14.0 Å². The SMILES string of the molecule is COc1cccc(NC(=O)C[C@@H]2C(=O)N(c3ccccc3)C(=S)N2CCc2ccc(F)cc2)c1. The maximum atomic E-state index is 13.4. The van der Waals surface area contributed by atoms with Crippen LogP contribution in [0, 0.1) is 5.82 Å². The van der Waals surface area contributed by atoms with Crippen molar-refractivity contribution in [1.29, 1.82) is 0 Å². The lowest BCUT2D eigenvalue weighted by atomic mass is 10.1. The van der Waals surface area contributed by atoms with Gasteiger partial charge >= 0.3 is 0 Å². The molecule has 3 aromatic rings. The highest BCUT2D eigenvalue weighted by molar-refractivity contribution is 7.80. The highest BCUT2D eigenvalue weighted by Gasteiger charge is 2.43. The highest BCUT2D eigenvalue weighted by atomic mass is 32.1. The molecule has 1 aliphatic heterocycles. The lowest BCUT2D eigenvalue weighted by Gasteiger charge is -2.24. The molecule has 4 rings (SSSR count). The van der Waals surface area contributed by atoms with E-state index in [2.05, 4.69) is 5.32 Å². The highest BCUT2D eigenvalue weighted by Crippen LogP contribution is 2.28. The largest absolute Gasteiger partial charge is 0.497 e. The number of hydrogen-bond donors (Lipinski definition) is 1. The molecule has 0 aromatic heterocycles. The van der Waals surface area contributed by atoms with Crippen LogP contribution in [0.4, 0.5) is 15.8 Å². The Kier molecular flexibility index (Phi) is 7.18. The molecular formula is C26H24FN3O3S. The van der Waals surface area contributed by atoms with E-state index < -0.39 is 6.04 Å². The van der Waals surface area contributed by atoms with Crippen LogP contribution >= 0.6 is 12.2 Å². The average molecular weight is 478 g/mol. The quantitative estimate of drug-likeness (QED) is 0.487. The second kappa shape index (κ2) is 10.4. The number of halogens is 1. The van der Waals surface area contributed by atoms with Crippen LogP contribution in [-0.4, -0.2) is 41.5 Å². The van der Waals surface area contributed by atoms with Crippen LogP contribution in [0.1, 0.15) is 12.0 Å². The van der Waals surface area contributed by atoms with Gasteiger partial charge in [0.25, 0.3) is 5.91 Å². The fourth-order valence-corrected chi connectivity index (χ4v) is 4.31. The predicted molar refractivity (Wildman–Crippen MR) is 133 cm³/mol. The molecule has 1 aliphatic rings. The van der Waals surface area contributed by atoms with E-state index in [-0.39, 0.29) is 24.1 Å². The zero-order chi connectivity index (χ0) is 24.1. The Labute approximate surface area is 202 Å². The number of amides is 2. The second-order valence-electron chi connectivity index (χ2n) is 7.86. The number of rotatable bonds is 8. The van der Waals surface area contributed by atoms with Gasteiger partial charge in [0.2, 0.25) is 5.91 Å². The summed E-state index contributed by atoms with van der Waals surface area (Å²) in [5.41, 5.74) is 2.14. The van der Waals surface area contributed by atoms with Gasteiger partial charge in [0, 0.05) is 18.3 Å². The second-order valence-corrected chi connectivity index (χ2v) is 8.23. The molecule has 1 N–H and O–H groups in total. The molecule has 0 aliphatic carbocycles. The zero-order valence-corrected chi connectivity index (χ0v) is 19.4. The molecular weight excluding hydrogens is 453 g/mol. The van der Waals surface area contributed by atoms with Crippen molar-refractivity contribution in [2.24, 2.45) is 0 Å². The first kappa shape index (κ1) is 23.4. The summed E-state index contributed by atoms with van der Waals surface area (Å²) in [6, 6.07) is 21.6. The van der Waals surface area contributed by atoms with Gasteiger partial charge in [0.05, 0.1) is 19.2 Å². The van der Waals surface area contributed by atoms with Crippen molar-refractivity contribution >= 4 is 40.5 Å². The van der Waals surface area contributed by atoms with E-state index in [1.165, 1.54) is 17.0 Å². The summed E-state index contributed by atoms with van der Waals surface area (Å²) in [7, 11) is 1.55. The summed E-state index contributed by atoms with van der Waals surface area (Å²) in [6.45, 7) is 0.413. The van der Waals surface area contributed by atoms with Gasteiger partial charge in [-0.2, -0.15) is 0 Å². The number of thiocarbonyl (C=S) groups is 1. The first-order valence-corrected chi connectivity index (χ1v) is 11.2. The minimum Gasteiger partial charge on any atom is -0.497 e. The Morgan fingerprint density at radius 3 is 2.50 bits per heavy atom. The van der Waals surface area contributed by atoms with Crippen molar-refractivity contribution in [3.63, 3.8) is 0 Å². The number of ether oxygens (including phenoxy) is 1. The first-order chi connectivity index (χ1) is 16.5. The number of hydrogen-bond acceptors (Lipinski definition) is 4. The van der Waals surface area contributed by atoms with Crippen molar-refractivity contribution in [3.05, 3.63) is 90.2 Å². The normalized spacial score (nSPS) is 15.5. The number of para-hydroxylation sites is 1. The topological polar surface area (TPSA) is 61.9 Å². The van der Waals surface area contributed by atoms with Crippen LogP contribution in [0.25, 0.3) is 0 Å². The van der Waals surface area contributed by atoms with Crippen LogP contribution in [0.2, 0.25) is 0 Å². The number of anilines is 2. The molecule has 1 atom stereocenters. The van der Waals surface area contributed by atoms with Crippen molar-refractivity contribution in [3.8, 4) is 5.75 Å². The molecule has 2 amide bonds. The van der Waals surface area contributed by atoms with Gasteiger partial charge in [-0.1, -0.05) is 36.4 Å². The summed E-state index contributed by atoms with van der Waals surface area (Å²) in [5, 5.41) is 3.18. The van der Waals surface area contributed by atoms with Gasteiger partial charge in [-0.25, -0.2) is 4.39 Å². The minimum atomic E-state index is -0.751. The molecule has 0 radical (unpaired) electrons. The van der Waals surface area contributed by atoms with Crippen LogP contribution < -0.4 is 15.0 Å². The van der Waals surface area contributed by atoms with Crippen molar-refractivity contribution in [2.75, 3.05) is 23.9 Å². The molecule has 34 heavy (non-hydrogen) atoms. The molecule has 1 saturated heterocycles. The summed E-state index contributed by atoms with van der Waals surface area (Å²) >= 11 is 5.67. The van der Waals surface area contributed by atoms with E-state index in [0.29, 0.717) is 35.2 Å². The Morgan fingerprint density at radius 1 is 1.06 bits per heavy atom. The van der Waals surface area contributed by atoms with E-state index in [1.807, 2.05) is 18.2 Å². The number of benzene rings is 3. The summed E-state index contributed by atoms with van der Waals surface area (Å²) in [4.78, 5) is 29.6. The molecule has 6 nitrogen and oxygen atoms in total. The Hall–Kier alpha value is -3.78. The lowest BCUT2D eigenvalue weighted by Crippen LogP contribution is -2.39. The molecule has 0 bridgehead atoms. The fourth-order valence-electron chi connectivity index (χ4n) is 3.89. The third kappa shape index (κ3) is 5.23. The van der Waals surface area contributed by atoms with Gasteiger partial charge in [0.15, 0.2) is 5.11 Å². The molecule has 1 heterocycles. The van der Waals surface area contributed by atoms with Crippen LogP contribution in [-0.2, 0) is 16.0 Å². The Morgan fingerprint density at radius 2 is 1.79 bits per heavy atom. The average Bonchev–Trinajstić information content (AvgIpc) is 3.08. The molecule has 0 saturated carbocycles. The maximum absolute atomic E-state index is 13.4. The van der Waals surface area contributed by atoms with Crippen molar-refractivity contribution < 1.29 is 18.7 Å². The molecule has 1 fully saturated rings. The standard InChI is InChI=1S/C26H24FN3O3S/c1-33-22-9-5-6-20(16-22)28-24(31)17-23-25(32)30(21-7-3-2-4-8-21)26(34)29(23)15-14-18-10-12-19(27)13-11-18/h2-13,16,23H,14-15,17H2,1H3,(H,28,31)/t23-/m1/s1. The van der Waals surface area contributed by atoms with Crippen LogP contribution in [0.3, 0.4) is 0 Å². The van der Waals surface area contributed by atoms with E-state index in [1.54, 1.807) is 60.5 Å². The first-order valence-electron chi connectivity index (χ1n) is 10.8. The van der Waals surface area contributed by atoms with Gasteiger partial charge < -0.3 is 15.0 Å². The van der Waals surface area contributed by atoms with Gasteiger partial charge in [-0.15, -0.1) is 0 Å². The third-order valence-corrected chi connectivity index (χ3v) is 6.04. The van der Waals surface area contributed by atoms with Crippen LogP contribution in [0.15, 0.2) is 78.9 Å². The maximum Gasteiger partial charge on any atom is 0.256 e. The van der Waals surface area contributed by atoms with Gasteiger partial charge in [0.1, 0.15) is 17.6 Å². The Bertz CT molecular complexity index is 1190. The predicted octanol–water partition coefficient (Wildman–Crippen LogP) is 4.41. The summed E-state index contributed by atoms with van der Waals surface area (Å²) in [5.74, 6) is -0.253. The third-order valence-electron chi connectivity index (χ3n) is 5.62. The van der Waals surface area contributed by atoms with Crippen molar-refractivity contribution in [2.45, 2.75) is 18.9 Å². The fraction of sp³-hybridized carbons (Fsp3) is 0.192. The number of carbonyl (C=O) groups is 2. The zero-order valence-electron chi connectivity index (χ0n) is 18.6. The smallest absolute Gasteiger partial charge is 0.256 e. The minimum absolute atomic E-state index is 0.0665. The number of nitrogens with zero attached hydrogens (tertiary/aromatic N) is 2. The van der Waals surface area contributed by atoms with Gasteiger partial charge in [-0.3, -0.25) is 14.5 Å². The number of nitrogens with one attached hydrogen (secondary N) is 1. The lowest BCUT2D eigenvalue weighted by molar-refractivity contribution is -0.124. The van der Waals surface area contributed by atoms with E-state index in [4.69, 9.17) is 17.0 Å². The Balaban J connectivity index is 1.54. The van der Waals surface area contributed by atoms with Crippen molar-refractivity contribution in [1.82, 2.24) is 4.90 Å². The summed E-state index contributed by atoms with van der Waals surface area (Å²) < 4.78 is 18.5. The van der Waals surface area contributed by atoms with Crippen LogP contribution in [0.5, 0.6) is 5.75 Å². The number of carbonyl (C=O) groups excluding carboxylic acids is 2. The van der Waals surface area contributed by atoms with E-state index in [0.717, 1.165) is 5.56 Å². The molecule has 0 spiro atoms. The summed E-state index contributed by atoms with van der Waals surface area (Å²) in [6.07, 6.45) is 0.479. The van der Waals surface area contributed by atoms with E-state index >= 15 is 0 Å². The molecule has 0 unspecified atom stereocenters. The van der Waals surface area contributed by atoms with Gasteiger partial charge in [-0.05, 0) is 60.6 Å². The molecule has 174 valence electrons. The number of methoxy groups -OCH3 is 1. The molecule has 3 aromatic carbocycles.